The summed E-state index contributed by atoms with van der Waals surface area (Å²) in [7, 11) is -2.80. The van der Waals surface area contributed by atoms with E-state index in [4.69, 9.17) is 4.43 Å². The van der Waals surface area contributed by atoms with Crippen molar-refractivity contribution in [2.45, 2.75) is 77.6 Å². The lowest BCUT2D eigenvalue weighted by Crippen LogP contribution is -2.42. The van der Waals surface area contributed by atoms with Crippen LogP contribution in [0.1, 0.15) is 47.1 Å². The summed E-state index contributed by atoms with van der Waals surface area (Å²) in [6, 6.07) is 11.3. The zero-order valence-corrected chi connectivity index (χ0v) is 18.2. The van der Waals surface area contributed by atoms with Gasteiger partial charge in [-0.05, 0) is 55.6 Å². The molecule has 0 saturated heterocycles. The van der Waals surface area contributed by atoms with Gasteiger partial charge in [0.15, 0.2) is 8.32 Å². The van der Waals surface area contributed by atoms with Crippen LogP contribution in [0.15, 0.2) is 40.1 Å². The topological polar surface area (TPSA) is 26.3 Å². The van der Waals surface area contributed by atoms with E-state index in [9.17, 15) is 4.21 Å². The maximum Gasteiger partial charge on any atom is 0.192 e. The Labute approximate surface area is 152 Å². The van der Waals surface area contributed by atoms with E-state index in [1.807, 2.05) is 36.6 Å². The van der Waals surface area contributed by atoms with Crippen LogP contribution in [0, 0.1) is 12.8 Å². The van der Waals surface area contributed by atoms with Gasteiger partial charge in [-0.1, -0.05) is 52.3 Å². The van der Waals surface area contributed by atoms with Gasteiger partial charge in [-0.15, -0.1) is 0 Å². The summed E-state index contributed by atoms with van der Waals surface area (Å²) in [6.45, 7) is 15.2. The molecule has 2 atom stereocenters. The predicted molar refractivity (Wildman–Crippen MR) is 108 cm³/mol. The summed E-state index contributed by atoms with van der Waals surface area (Å²) in [6.07, 6.45) is 0.0610. The zero-order valence-electron chi connectivity index (χ0n) is 16.4. The fraction of sp³-hybridized carbons (Fsp3) is 0.600. The molecular formula is C20H34O2SSi. The summed E-state index contributed by atoms with van der Waals surface area (Å²) >= 11 is 0. The summed E-state index contributed by atoms with van der Waals surface area (Å²) in [5.74, 6) is 0.382. The fourth-order valence-electron chi connectivity index (χ4n) is 3.00. The normalized spacial score (nSPS) is 15.6. The maximum absolute atomic E-state index is 12.7. The molecule has 0 radical (unpaired) electrons. The first-order valence-electron chi connectivity index (χ1n) is 9.12. The first-order chi connectivity index (χ1) is 11.3. The summed E-state index contributed by atoms with van der Waals surface area (Å²) < 4.78 is 19.4. The zero-order chi connectivity index (χ0) is 18.3. The van der Waals surface area contributed by atoms with E-state index in [0.717, 1.165) is 28.6 Å². The average molecular weight is 367 g/mol. The number of benzene rings is 1. The first kappa shape index (κ1) is 21.3. The fourth-order valence-corrected chi connectivity index (χ4v) is 7.01. The van der Waals surface area contributed by atoms with Crippen molar-refractivity contribution in [1.82, 2.24) is 0 Å². The molecule has 1 rings (SSSR count). The second-order valence-corrected chi connectivity index (χ2v) is 13.0. The molecule has 0 spiro atoms. The molecule has 0 heterocycles. The van der Waals surface area contributed by atoms with Crippen molar-refractivity contribution in [3.05, 3.63) is 40.8 Å². The number of hydrogen-bond donors (Lipinski definition) is 0. The third kappa shape index (κ3) is 5.68. The molecule has 0 unspecified atom stereocenters. The highest BCUT2D eigenvalue weighted by atomic mass is 32.2. The van der Waals surface area contributed by atoms with Gasteiger partial charge in [0, 0.05) is 10.3 Å². The van der Waals surface area contributed by atoms with Crippen LogP contribution in [0.4, 0.5) is 0 Å². The Bertz CT molecular complexity index is 551. The minimum absolute atomic E-state index is 0.0610. The quantitative estimate of drug-likeness (QED) is 0.497. The number of aryl methyl sites for hydroxylation is 1. The second-order valence-electron chi connectivity index (χ2n) is 7.00. The highest BCUT2D eigenvalue weighted by molar-refractivity contribution is 7.88. The van der Waals surface area contributed by atoms with Gasteiger partial charge < -0.3 is 4.43 Å². The molecule has 136 valence electrons. The van der Waals surface area contributed by atoms with Crippen LogP contribution >= 0.6 is 0 Å². The van der Waals surface area contributed by atoms with E-state index in [2.05, 4.69) is 41.5 Å². The van der Waals surface area contributed by atoms with Crippen molar-refractivity contribution in [3.8, 4) is 0 Å². The Morgan fingerprint density at radius 1 is 1.12 bits per heavy atom. The molecule has 0 amide bonds. The van der Waals surface area contributed by atoms with E-state index < -0.39 is 19.1 Å². The van der Waals surface area contributed by atoms with Crippen LogP contribution < -0.4 is 0 Å². The first-order valence-corrected chi connectivity index (χ1v) is 12.9. The third-order valence-corrected chi connectivity index (χ3v) is 10.9. The van der Waals surface area contributed by atoms with Crippen molar-refractivity contribution in [2.24, 2.45) is 5.92 Å². The summed E-state index contributed by atoms with van der Waals surface area (Å²) in [5.41, 5.74) is 2.28. The average Bonchev–Trinajstić information content (AvgIpc) is 2.56. The van der Waals surface area contributed by atoms with Gasteiger partial charge in [-0.3, -0.25) is 0 Å². The van der Waals surface area contributed by atoms with Gasteiger partial charge >= 0.3 is 0 Å². The molecule has 1 aromatic rings. The van der Waals surface area contributed by atoms with E-state index in [-0.39, 0.29) is 6.10 Å². The van der Waals surface area contributed by atoms with Gasteiger partial charge in [-0.2, -0.15) is 0 Å². The molecule has 0 aliphatic rings. The van der Waals surface area contributed by atoms with Crippen LogP contribution in [0.25, 0.3) is 0 Å². The van der Waals surface area contributed by atoms with Crippen molar-refractivity contribution < 1.29 is 8.63 Å². The minimum Gasteiger partial charge on any atom is -0.410 e. The van der Waals surface area contributed by atoms with E-state index in [1.54, 1.807) is 0 Å². The lowest BCUT2D eigenvalue weighted by Gasteiger charge is -2.35. The predicted octanol–water partition coefficient (Wildman–Crippen LogP) is 6.05. The van der Waals surface area contributed by atoms with Crippen molar-refractivity contribution in [3.63, 3.8) is 0 Å². The van der Waals surface area contributed by atoms with Crippen molar-refractivity contribution in [1.29, 1.82) is 0 Å². The van der Waals surface area contributed by atoms with E-state index >= 15 is 0 Å². The lowest BCUT2D eigenvalue weighted by molar-refractivity contribution is 0.172. The highest BCUT2D eigenvalue weighted by Crippen LogP contribution is 2.29. The summed E-state index contributed by atoms with van der Waals surface area (Å²) in [5, 5.41) is 1.88. The molecule has 0 aromatic heterocycles. The van der Waals surface area contributed by atoms with Gasteiger partial charge in [-0.25, -0.2) is 4.21 Å². The molecule has 1 aromatic carbocycles. The molecule has 0 aliphatic heterocycles. The molecule has 24 heavy (non-hydrogen) atoms. The van der Waals surface area contributed by atoms with Gasteiger partial charge in [0.1, 0.15) is 0 Å². The standard InChI is InChI=1S/C20H34O2SSi/c1-8-24(9-2,10-3)22-20(16(4)5)18(7)15-23(21)19-13-11-17(6)12-14-19/h11-16,20H,8-10H2,1-7H3/b18-15-/t20-,23+/m0/s1. The molecule has 2 nitrogen and oxygen atoms in total. The Morgan fingerprint density at radius 3 is 2.04 bits per heavy atom. The van der Waals surface area contributed by atoms with Crippen LogP contribution in [-0.4, -0.2) is 18.6 Å². The van der Waals surface area contributed by atoms with Gasteiger partial charge in [0.2, 0.25) is 0 Å². The Balaban J connectivity index is 3.02. The van der Waals surface area contributed by atoms with E-state index in [0.29, 0.717) is 5.92 Å². The minimum atomic E-state index is -1.68. The SMILES string of the molecule is CC[Si](CC)(CC)O[C@H](/C(C)=C\[S@@](=O)c1ccc(C)cc1)C(C)C. The molecule has 0 saturated carbocycles. The molecular weight excluding hydrogens is 332 g/mol. The summed E-state index contributed by atoms with van der Waals surface area (Å²) in [4.78, 5) is 0.854. The Morgan fingerprint density at radius 2 is 1.62 bits per heavy atom. The van der Waals surface area contributed by atoms with Gasteiger partial charge in [0.05, 0.1) is 16.9 Å². The number of rotatable bonds is 9. The highest BCUT2D eigenvalue weighted by Gasteiger charge is 2.33. The van der Waals surface area contributed by atoms with Crippen LogP contribution in [0.5, 0.6) is 0 Å². The van der Waals surface area contributed by atoms with E-state index in [1.165, 1.54) is 5.56 Å². The van der Waals surface area contributed by atoms with Crippen molar-refractivity contribution >= 4 is 19.1 Å². The number of hydrogen-bond acceptors (Lipinski definition) is 2. The Kier molecular flexibility index (Phi) is 8.61. The maximum atomic E-state index is 12.7. The van der Waals surface area contributed by atoms with Crippen LogP contribution in [0.3, 0.4) is 0 Å². The monoisotopic (exact) mass is 366 g/mol. The van der Waals surface area contributed by atoms with Crippen LogP contribution in [0.2, 0.25) is 18.1 Å². The molecule has 0 bridgehead atoms. The molecule has 0 N–H and O–H groups in total. The second kappa shape index (κ2) is 9.69. The van der Waals surface area contributed by atoms with Crippen LogP contribution in [-0.2, 0) is 15.2 Å². The molecule has 0 aliphatic carbocycles. The third-order valence-electron chi connectivity index (χ3n) is 4.91. The Hall–Kier alpha value is -0.713. The lowest BCUT2D eigenvalue weighted by atomic mass is 10.0. The van der Waals surface area contributed by atoms with Crippen molar-refractivity contribution in [2.75, 3.05) is 0 Å². The smallest absolute Gasteiger partial charge is 0.192 e. The molecule has 4 heteroatoms. The molecule has 0 fully saturated rings. The largest absolute Gasteiger partial charge is 0.410 e. The van der Waals surface area contributed by atoms with Gasteiger partial charge in [0.25, 0.3) is 0 Å².